The van der Waals surface area contributed by atoms with Crippen LogP contribution in [0, 0.1) is 0 Å². The van der Waals surface area contributed by atoms with E-state index in [1.54, 1.807) is 6.92 Å². The highest BCUT2D eigenvalue weighted by molar-refractivity contribution is 8.13. The Kier molecular flexibility index (Phi) is 6.78. The smallest absolute Gasteiger partial charge is 0.190 e. The quantitative estimate of drug-likeness (QED) is 0.590. The standard InChI is InChI=1S/C12H15Cl2NOS/c1-10(16)17-12-4-2-11(3-5-12)15(8-6-13)9-7-14/h2-5H,6-9H2,1H3. The molecular formula is C12H15Cl2NOS. The highest BCUT2D eigenvalue weighted by Crippen LogP contribution is 2.22. The van der Waals surface area contributed by atoms with Crippen molar-refractivity contribution < 1.29 is 4.79 Å². The number of alkyl halides is 2. The zero-order valence-corrected chi connectivity index (χ0v) is 12.0. The van der Waals surface area contributed by atoms with Crippen LogP contribution < -0.4 is 4.90 Å². The fourth-order valence-corrected chi connectivity index (χ4v) is 2.48. The van der Waals surface area contributed by atoms with E-state index in [4.69, 9.17) is 23.2 Å². The molecule has 5 heteroatoms. The summed E-state index contributed by atoms with van der Waals surface area (Å²) < 4.78 is 0. The van der Waals surface area contributed by atoms with Crippen molar-refractivity contribution in [1.29, 1.82) is 0 Å². The number of carbonyl (C=O) groups excluding carboxylic acids is 1. The molecule has 0 N–H and O–H groups in total. The minimum Gasteiger partial charge on any atom is -0.369 e. The third-order valence-corrected chi connectivity index (χ3v) is 3.31. The Balaban J connectivity index is 2.72. The highest BCUT2D eigenvalue weighted by atomic mass is 35.5. The largest absolute Gasteiger partial charge is 0.369 e. The van der Waals surface area contributed by atoms with Crippen LogP contribution in [0.5, 0.6) is 0 Å². The molecule has 0 unspecified atom stereocenters. The lowest BCUT2D eigenvalue weighted by Gasteiger charge is -2.22. The molecule has 0 aliphatic carbocycles. The van der Waals surface area contributed by atoms with Gasteiger partial charge < -0.3 is 4.90 Å². The summed E-state index contributed by atoms with van der Waals surface area (Å²) in [6, 6.07) is 7.86. The van der Waals surface area contributed by atoms with Crippen molar-refractivity contribution in [1.82, 2.24) is 0 Å². The Morgan fingerprint density at radius 1 is 1.18 bits per heavy atom. The van der Waals surface area contributed by atoms with E-state index >= 15 is 0 Å². The van der Waals surface area contributed by atoms with Crippen molar-refractivity contribution >= 4 is 45.8 Å². The molecule has 1 aromatic rings. The molecule has 94 valence electrons. The topological polar surface area (TPSA) is 20.3 Å². The van der Waals surface area contributed by atoms with E-state index in [1.165, 1.54) is 11.8 Å². The first kappa shape index (κ1) is 14.7. The SMILES string of the molecule is CC(=O)Sc1ccc(N(CCCl)CCCl)cc1. The Labute approximate surface area is 116 Å². The summed E-state index contributed by atoms with van der Waals surface area (Å²) in [7, 11) is 0. The van der Waals surface area contributed by atoms with Crippen molar-refractivity contribution in [2.24, 2.45) is 0 Å². The lowest BCUT2D eigenvalue weighted by atomic mass is 10.3. The zero-order valence-electron chi connectivity index (χ0n) is 9.66. The average molecular weight is 292 g/mol. The van der Waals surface area contributed by atoms with Crippen LogP contribution >= 0.6 is 35.0 Å². The number of benzene rings is 1. The van der Waals surface area contributed by atoms with Gasteiger partial charge in [0.15, 0.2) is 5.12 Å². The summed E-state index contributed by atoms with van der Waals surface area (Å²) in [5.41, 5.74) is 1.08. The molecule has 0 atom stereocenters. The normalized spacial score (nSPS) is 10.3. The van der Waals surface area contributed by atoms with Crippen LogP contribution in [0.1, 0.15) is 6.92 Å². The summed E-state index contributed by atoms with van der Waals surface area (Å²) in [6.45, 7) is 3.10. The molecule has 1 aromatic carbocycles. The van der Waals surface area contributed by atoms with Crippen molar-refractivity contribution in [3.8, 4) is 0 Å². The summed E-state index contributed by atoms with van der Waals surface area (Å²) in [6.07, 6.45) is 0. The summed E-state index contributed by atoms with van der Waals surface area (Å²) in [5.74, 6) is 1.14. The van der Waals surface area contributed by atoms with Gasteiger partial charge in [-0.1, -0.05) is 11.8 Å². The number of hydrogen-bond acceptors (Lipinski definition) is 3. The van der Waals surface area contributed by atoms with Gasteiger partial charge >= 0.3 is 0 Å². The van der Waals surface area contributed by atoms with Gasteiger partial charge in [0.25, 0.3) is 0 Å². The average Bonchev–Trinajstić information content (AvgIpc) is 2.29. The van der Waals surface area contributed by atoms with Crippen LogP contribution in [0.2, 0.25) is 0 Å². The van der Waals surface area contributed by atoms with Gasteiger partial charge in [0.2, 0.25) is 0 Å². The van der Waals surface area contributed by atoms with Crippen LogP contribution in [0.15, 0.2) is 29.2 Å². The van der Waals surface area contributed by atoms with Gasteiger partial charge in [-0.2, -0.15) is 0 Å². The summed E-state index contributed by atoms with van der Waals surface area (Å²) in [4.78, 5) is 14.0. The first-order valence-electron chi connectivity index (χ1n) is 5.32. The van der Waals surface area contributed by atoms with Gasteiger partial charge in [0.1, 0.15) is 0 Å². The number of thioether (sulfide) groups is 1. The van der Waals surface area contributed by atoms with E-state index in [0.717, 1.165) is 23.7 Å². The number of anilines is 1. The predicted molar refractivity (Wildman–Crippen MR) is 76.6 cm³/mol. The summed E-state index contributed by atoms with van der Waals surface area (Å²) >= 11 is 12.7. The van der Waals surface area contributed by atoms with Gasteiger partial charge in [0, 0.05) is 42.4 Å². The first-order chi connectivity index (χ1) is 8.17. The molecule has 0 saturated carbocycles. The van der Waals surface area contributed by atoms with Crippen LogP contribution in [0.4, 0.5) is 5.69 Å². The van der Waals surface area contributed by atoms with Crippen molar-refractivity contribution in [2.45, 2.75) is 11.8 Å². The molecule has 1 rings (SSSR count). The van der Waals surface area contributed by atoms with E-state index in [1.807, 2.05) is 24.3 Å². The van der Waals surface area contributed by atoms with Crippen LogP contribution in [-0.2, 0) is 4.79 Å². The lowest BCUT2D eigenvalue weighted by Crippen LogP contribution is -2.27. The maximum Gasteiger partial charge on any atom is 0.190 e. The van der Waals surface area contributed by atoms with Gasteiger partial charge in [-0.25, -0.2) is 0 Å². The Morgan fingerprint density at radius 2 is 1.71 bits per heavy atom. The Bertz CT molecular complexity index is 350. The van der Waals surface area contributed by atoms with Crippen molar-refractivity contribution in [3.05, 3.63) is 24.3 Å². The maximum absolute atomic E-state index is 11.0. The third kappa shape index (κ3) is 5.19. The molecular weight excluding hydrogens is 277 g/mol. The van der Waals surface area contributed by atoms with Crippen LogP contribution in [-0.4, -0.2) is 30.0 Å². The second-order valence-corrected chi connectivity index (χ2v) is 5.46. The molecule has 0 heterocycles. The minimum atomic E-state index is 0.0936. The van der Waals surface area contributed by atoms with Gasteiger partial charge in [0.05, 0.1) is 0 Å². The lowest BCUT2D eigenvalue weighted by molar-refractivity contribution is -0.109. The fraction of sp³-hybridized carbons (Fsp3) is 0.417. The van der Waals surface area contributed by atoms with Crippen molar-refractivity contribution in [3.63, 3.8) is 0 Å². The molecule has 0 fully saturated rings. The first-order valence-corrected chi connectivity index (χ1v) is 7.21. The number of halogens is 2. The second-order valence-electron chi connectivity index (χ2n) is 3.45. The minimum absolute atomic E-state index is 0.0936. The molecule has 0 saturated heterocycles. The number of carbonyl (C=O) groups is 1. The molecule has 17 heavy (non-hydrogen) atoms. The van der Waals surface area contributed by atoms with E-state index in [-0.39, 0.29) is 5.12 Å². The molecule has 0 aliphatic rings. The molecule has 0 bridgehead atoms. The van der Waals surface area contributed by atoms with Gasteiger partial charge in [-0.3, -0.25) is 4.79 Å². The van der Waals surface area contributed by atoms with E-state index in [0.29, 0.717) is 11.8 Å². The van der Waals surface area contributed by atoms with Gasteiger partial charge in [-0.15, -0.1) is 23.2 Å². The van der Waals surface area contributed by atoms with Crippen LogP contribution in [0.25, 0.3) is 0 Å². The van der Waals surface area contributed by atoms with E-state index < -0.39 is 0 Å². The third-order valence-electron chi connectivity index (χ3n) is 2.17. The molecule has 0 aliphatic heterocycles. The maximum atomic E-state index is 11.0. The highest BCUT2D eigenvalue weighted by Gasteiger charge is 2.05. The molecule has 0 spiro atoms. The monoisotopic (exact) mass is 291 g/mol. The molecule has 0 radical (unpaired) electrons. The van der Waals surface area contributed by atoms with Crippen molar-refractivity contribution in [2.75, 3.05) is 29.7 Å². The van der Waals surface area contributed by atoms with Gasteiger partial charge in [-0.05, 0) is 24.3 Å². The molecule has 2 nitrogen and oxygen atoms in total. The van der Waals surface area contributed by atoms with E-state index in [2.05, 4.69) is 4.90 Å². The second kappa shape index (κ2) is 7.85. The summed E-state index contributed by atoms with van der Waals surface area (Å²) in [5, 5.41) is 0.0936. The number of nitrogens with zero attached hydrogens (tertiary/aromatic N) is 1. The van der Waals surface area contributed by atoms with Crippen LogP contribution in [0.3, 0.4) is 0 Å². The molecule has 0 aromatic heterocycles. The van der Waals surface area contributed by atoms with E-state index in [9.17, 15) is 4.79 Å². The zero-order chi connectivity index (χ0) is 12.7. The Hall–Kier alpha value is -0.380. The number of rotatable bonds is 6. The molecule has 0 amide bonds. The fourth-order valence-electron chi connectivity index (χ4n) is 1.47. The Morgan fingerprint density at radius 3 is 2.12 bits per heavy atom. The number of hydrogen-bond donors (Lipinski definition) is 0. The predicted octanol–water partition coefficient (Wildman–Crippen LogP) is 3.61.